The lowest BCUT2D eigenvalue weighted by Crippen LogP contribution is -2.43. The average Bonchev–Trinajstić information content (AvgIpc) is 3.18. The van der Waals surface area contributed by atoms with E-state index in [1.54, 1.807) is 11.3 Å². The fourth-order valence-electron chi connectivity index (χ4n) is 4.27. The van der Waals surface area contributed by atoms with E-state index in [-0.39, 0.29) is 5.91 Å². The molecular weight excluding hydrogens is 380 g/mol. The van der Waals surface area contributed by atoms with Gasteiger partial charge in [0.1, 0.15) is 5.01 Å². The van der Waals surface area contributed by atoms with Gasteiger partial charge in [0.05, 0.1) is 12.1 Å². The number of likely N-dealkylation sites (tertiary alicyclic amines) is 1. The van der Waals surface area contributed by atoms with Gasteiger partial charge in [-0.25, -0.2) is 4.98 Å². The Balaban J connectivity index is 1.38. The molecule has 3 heterocycles. The summed E-state index contributed by atoms with van der Waals surface area (Å²) in [5.41, 5.74) is 3.40. The summed E-state index contributed by atoms with van der Waals surface area (Å²) in [6.07, 6.45) is 2.77. The highest BCUT2D eigenvalue weighted by Gasteiger charge is 2.22. The van der Waals surface area contributed by atoms with Crippen LogP contribution in [0.25, 0.3) is 10.6 Å². The number of piperidine rings is 1. The number of hydrogen-bond donors (Lipinski definition) is 0. The molecule has 1 aromatic carbocycles. The van der Waals surface area contributed by atoms with Gasteiger partial charge in [0, 0.05) is 56.8 Å². The van der Waals surface area contributed by atoms with Crippen molar-refractivity contribution in [3.8, 4) is 10.6 Å². The predicted molar refractivity (Wildman–Crippen MR) is 119 cm³/mol. The molecule has 0 spiro atoms. The van der Waals surface area contributed by atoms with Crippen LogP contribution in [0.5, 0.6) is 0 Å². The van der Waals surface area contributed by atoms with Gasteiger partial charge >= 0.3 is 0 Å². The van der Waals surface area contributed by atoms with Crippen LogP contribution in [0.15, 0.2) is 29.6 Å². The van der Waals surface area contributed by atoms with Crippen molar-refractivity contribution in [2.75, 3.05) is 46.3 Å². The summed E-state index contributed by atoms with van der Waals surface area (Å²) in [7, 11) is 2.19. The molecule has 1 atom stereocenters. The summed E-state index contributed by atoms with van der Waals surface area (Å²) in [5.74, 6) is 0.832. The smallest absolute Gasteiger partial charge is 0.228 e. The SMILES string of the molecule is CC1CCCN(C(=O)Cc2csc(-c3cccc(CN4CCN(C)CC4)c3)n2)C1. The molecule has 5 nitrogen and oxygen atoms in total. The number of rotatable bonds is 5. The molecule has 1 amide bonds. The predicted octanol–water partition coefficient (Wildman–Crippen LogP) is 3.36. The molecule has 6 heteroatoms. The van der Waals surface area contributed by atoms with Gasteiger partial charge < -0.3 is 9.80 Å². The van der Waals surface area contributed by atoms with Crippen LogP contribution in [0.1, 0.15) is 31.0 Å². The van der Waals surface area contributed by atoms with Crippen molar-refractivity contribution in [2.45, 2.75) is 32.7 Å². The number of nitrogens with zero attached hydrogens (tertiary/aromatic N) is 4. The lowest BCUT2D eigenvalue weighted by molar-refractivity contribution is -0.132. The van der Waals surface area contributed by atoms with Gasteiger partial charge in [-0.15, -0.1) is 11.3 Å². The number of thiazole rings is 1. The van der Waals surface area contributed by atoms with E-state index < -0.39 is 0 Å². The van der Waals surface area contributed by atoms with E-state index >= 15 is 0 Å². The Morgan fingerprint density at radius 3 is 2.83 bits per heavy atom. The highest BCUT2D eigenvalue weighted by molar-refractivity contribution is 7.13. The number of carbonyl (C=O) groups excluding carboxylic acids is 1. The second-order valence-corrected chi connectivity index (χ2v) is 9.55. The molecule has 0 saturated carbocycles. The molecular formula is C23H32N4OS. The number of amides is 1. The maximum atomic E-state index is 12.6. The van der Waals surface area contributed by atoms with Crippen LogP contribution >= 0.6 is 11.3 Å². The van der Waals surface area contributed by atoms with Gasteiger partial charge in [0.25, 0.3) is 0 Å². The Bertz CT molecular complexity index is 828. The first-order valence-electron chi connectivity index (χ1n) is 10.8. The van der Waals surface area contributed by atoms with E-state index in [0.29, 0.717) is 12.3 Å². The minimum atomic E-state index is 0.220. The van der Waals surface area contributed by atoms with Crippen LogP contribution in [0.3, 0.4) is 0 Å². The fourth-order valence-corrected chi connectivity index (χ4v) is 5.09. The van der Waals surface area contributed by atoms with Gasteiger partial charge in [0.2, 0.25) is 5.91 Å². The van der Waals surface area contributed by atoms with Crippen LogP contribution < -0.4 is 0 Å². The molecule has 2 fully saturated rings. The lowest BCUT2D eigenvalue weighted by atomic mass is 10.00. The summed E-state index contributed by atoms with van der Waals surface area (Å²) in [5, 5.41) is 3.06. The Hall–Kier alpha value is -1.76. The van der Waals surface area contributed by atoms with E-state index in [2.05, 4.69) is 48.0 Å². The fraction of sp³-hybridized carbons (Fsp3) is 0.565. The summed E-state index contributed by atoms with van der Waals surface area (Å²) in [6, 6.07) is 8.72. The molecule has 2 saturated heterocycles. The highest BCUT2D eigenvalue weighted by Crippen LogP contribution is 2.26. The molecule has 156 valence electrons. The van der Waals surface area contributed by atoms with Crippen molar-refractivity contribution in [3.05, 3.63) is 40.9 Å². The van der Waals surface area contributed by atoms with E-state index in [0.717, 1.165) is 68.5 Å². The minimum absolute atomic E-state index is 0.220. The number of aromatic nitrogens is 1. The Labute approximate surface area is 178 Å². The zero-order valence-electron chi connectivity index (χ0n) is 17.6. The molecule has 4 rings (SSSR count). The van der Waals surface area contributed by atoms with Gasteiger partial charge in [-0.1, -0.05) is 25.1 Å². The van der Waals surface area contributed by atoms with Gasteiger partial charge in [-0.05, 0) is 37.4 Å². The normalized spacial score (nSPS) is 21.4. The maximum Gasteiger partial charge on any atom is 0.228 e. The maximum absolute atomic E-state index is 12.6. The summed E-state index contributed by atoms with van der Waals surface area (Å²) in [4.78, 5) is 24.3. The van der Waals surface area contributed by atoms with Crippen LogP contribution in [0, 0.1) is 5.92 Å². The Morgan fingerprint density at radius 1 is 1.21 bits per heavy atom. The summed E-state index contributed by atoms with van der Waals surface area (Å²) >= 11 is 1.64. The zero-order valence-corrected chi connectivity index (χ0v) is 18.5. The third-order valence-electron chi connectivity index (χ3n) is 6.07. The first-order chi connectivity index (χ1) is 14.1. The van der Waals surface area contributed by atoms with Crippen molar-refractivity contribution >= 4 is 17.2 Å². The number of likely N-dealkylation sites (N-methyl/N-ethyl adjacent to an activating group) is 1. The molecule has 0 aliphatic carbocycles. The number of piperazine rings is 1. The van der Waals surface area contributed by atoms with Crippen molar-refractivity contribution in [2.24, 2.45) is 5.92 Å². The largest absolute Gasteiger partial charge is 0.342 e. The van der Waals surface area contributed by atoms with Gasteiger partial charge in [0.15, 0.2) is 0 Å². The van der Waals surface area contributed by atoms with Crippen LogP contribution in [0.2, 0.25) is 0 Å². The molecule has 2 aliphatic rings. The zero-order chi connectivity index (χ0) is 20.2. The van der Waals surface area contributed by atoms with E-state index in [1.807, 2.05) is 10.3 Å². The standard InChI is InChI=1S/C23H32N4OS/c1-18-5-4-8-27(15-18)22(28)14-21-17-29-23(24-21)20-7-3-6-19(13-20)16-26-11-9-25(2)10-12-26/h3,6-7,13,17-18H,4-5,8-12,14-16H2,1-2H3. The van der Waals surface area contributed by atoms with Crippen molar-refractivity contribution in [1.29, 1.82) is 0 Å². The second-order valence-electron chi connectivity index (χ2n) is 8.69. The topological polar surface area (TPSA) is 39.7 Å². The highest BCUT2D eigenvalue weighted by atomic mass is 32.1. The lowest BCUT2D eigenvalue weighted by Gasteiger charge is -2.32. The number of hydrogen-bond acceptors (Lipinski definition) is 5. The van der Waals surface area contributed by atoms with Crippen molar-refractivity contribution < 1.29 is 4.79 Å². The summed E-state index contributed by atoms with van der Waals surface area (Å²) in [6.45, 7) is 9.54. The molecule has 2 aromatic rings. The minimum Gasteiger partial charge on any atom is -0.342 e. The molecule has 0 N–H and O–H groups in total. The van der Waals surface area contributed by atoms with Crippen molar-refractivity contribution in [3.63, 3.8) is 0 Å². The third kappa shape index (κ3) is 5.44. The summed E-state index contributed by atoms with van der Waals surface area (Å²) < 4.78 is 0. The van der Waals surface area contributed by atoms with Gasteiger partial charge in [-0.3, -0.25) is 9.69 Å². The molecule has 1 unspecified atom stereocenters. The van der Waals surface area contributed by atoms with Crippen LogP contribution in [-0.2, 0) is 17.8 Å². The molecule has 2 aliphatic heterocycles. The van der Waals surface area contributed by atoms with E-state index in [1.165, 1.54) is 12.0 Å². The van der Waals surface area contributed by atoms with Crippen LogP contribution in [-0.4, -0.2) is 71.9 Å². The quantitative estimate of drug-likeness (QED) is 0.755. The average molecular weight is 413 g/mol. The Morgan fingerprint density at radius 2 is 2.03 bits per heavy atom. The molecule has 1 aromatic heterocycles. The number of benzene rings is 1. The van der Waals surface area contributed by atoms with Crippen LogP contribution in [0.4, 0.5) is 0 Å². The molecule has 0 bridgehead atoms. The number of carbonyl (C=O) groups is 1. The van der Waals surface area contributed by atoms with Crippen molar-refractivity contribution in [1.82, 2.24) is 19.7 Å². The van der Waals surface area contributed by atoms with Gasteiger partial charge in [-0.2, -0.15) is 0 Å². The van der Waals surface area contributed by atoms with E-state index in [9.17, 15) is 4.79 Å². The molecule has 29 heavy (non-hydrogen) atoms. The first kappa shape index (κ1) is 20.5. The molecule has 0 radical (unpaired) electrons. The third-order valence-corrected chi connectivity index (χ3v) is 7.01. The first-order valence-corrected chi connectivity index (χ1v) is 11.7. The monoisotopic (exact) mass is 412 g/mol. The second kappa shape index (κ2) is 9.37. The van der Waals surface area contributed by atoms with E-state index in [4.69, 9.17) is 4.98 Å². The Kier molecular flexibility index (Phi) is 6.63.